The first-order chi connectivity index (χ1) is 8.57. The summed E-state index contributed by atoms with van der Waals surface area (Å²) in [5, 5.41) is 2.83. The van der Waals surface area contributed by atoms with Crippen LogP contribution < -0.4 is 5.32 Å². The maximum Gasteiger partial charge on any atom is 0.217 e. The molecule has 0 aromatic carbocycles. The van der Waals surface area contributed by atoms with Crippen LogP contribution in [0.2, 0.25) is 0 Å². The molecule has 19 heavy (non-hydrogen) atoms. The minimum Gasteiger partial charge on any atom is -0.313 e. The second-order valence-corrected chi connectivity index (χ2v) is 8.87. The first-order valence-corrected chi connectivity index (χ1v) is 8.80. The summed E-state index contributed by atoms with van der Waals surface area (Å²) in [6.45, 7) is 15.8. The monoisotopic (exact) mass is 292 g/mol. The summed E-state index contributed by atoms with van der Waals surface area (Å²) in [7, 11) is -3.22. The molecule has 0 aromatic heterocycles. The van der Waals surface area contributed by atoms with E-state index in [0.717, 1.165) is 0 Å². The van der Waals surface area contributed by atoms with E-state index in [1.807, 2.05) is 13.8 Å². The minimum absolute atomic E-state index is 0.307. The first-order valence-electron chi connectivity index (χ1n) is 7.29. The van der Waals surface area contributed by atoms with Gasteiger partial charge in [-0.2, -0.15) is 0 Å². The van der Waals surface area contributed by atoms with Crippen LogP contribution in [-0.2, 0) is 10.0 Å². The van der Waals surface area contributed by atoms with Gasteiger partial charge in [0.05, 0.1) is 5.25 Å². The van der Waals surface area contributed by atoms with Crippen LogP contribution in [0.3, 0.4) is 0 Å². The van der Waals surface area contributed by atoms with Crippen molar-refractivity contribution >= 4 is 10.0 Å². The van der Waals surface area contributed by atoms with Crippen LogP contribution in [-0.4, -0.2) is 43.6 Å². The van der Waals surface area contributed by atoms with Gasteiger partial charge in [-0.15, -0.1) is 0 Å². The van der Waals surface area contributed by atoms with Gasteiger partial charge in [0.25, 0.3) is 0 Å². The Morgan fingerprint density at radius 2 is 1.32 bits per heavy atom. The second kappa shape index (κ2) is 8.22. The molecule has 0 saturated carbocycles. The average Bonchev–Trinajstić information content (AvgIpc) is 2.23. The summed E-state index contributed by atoms with van der Waals surface area (Å²) in [5.41, 5.74) is 0. The van der Waals surface area contributed by atoms with Crippen LogP contribution in [0.4, 0.5) is 0 Å². The fourth-order valence-corrected chi connectivity index (χ4v) is 3.69. The molecule has 0 heterocycles. The van der Waals surface area contributed by atoms with E-state index in [9.17, 15) is 8.42 Å². The molecule has 1 unspecified atom stereocenters. The van der Waals surface area contributed by atoms with E-state index in [2.05, 4.69) is 33.0 Å². The third-order valence-electron chi connectivity index (χ3n) is 2.82. The number of hydrogen-bond donors (Lipinski definition) is 1. The molecule has 4 nitrogen and oxygen atoms in total. The Labute approximate surface area is 120 Å². The number of nitrogens with zero attached hydrogens (tertiary/aromatic N) is 1. The van der Waals surface area contributed by atoms with Crippen molar-refractivity contribution in [2.45, 2.75) is 59.8 Å². The summed E-state index contributed by atoms with van der Waals surface area (Å²) < 4.78 is 26.9. The summed E-state index contributed by atoms with van der Waals surface area (Å²) >= 11 is 0. The maximum atomic E-state index is 12.6. The molecule has 0 aliphatic heterocycles. The first kappa shape index (κ1) is 18.9. The lowest BCUT2D eigenvalue weighted by Gasteiger charge is -2.29. The second-order valence-electron chi connectivity index (χ2n) is 6.52. The average molecular weight is 292 g/mol. The van der Waals surface area contributed by atoms with E-state index in [-0.39, 0.29) is 5.25 Å². The van der Waals surface area contributed by atoms with E-state index in [4.69, 9.17) is 0 Å². The van der Waals surface area contributed by atoms with Gasteiger partial charge in [-0.1, -0.05) is 41.5 Å². The van der Waals surface area contributed by atoms with Crippen molar-refractivity contribution in [3.8, 4) is 0 Å². The fraction of sp³-hybridized carbons (Fsp3) is 1.00. The SMILES string of the molecule is CC(C)CN(CC(C)C)S(=O)(=O)C(C)CNC(C)C. The highest BCUT2D eigenvalue weighted by Gasteiger charge is 2.29. The molecule has 0 aliphatic rings. The van der Waals surface area contributed by atoms with Crippen molar-refractivity contribution < 1.29 is 8.42 Å². The lowest BCUT2D eigenvalue weighted by Crippen LogP contribution is -2.45. The van der Waals surface area contributed by atoms with E-state index in [0.29, 0.717) is 37.5 Å². The van der Waals surface area contributed by atoms with Gasteiger partial charge in [-0.3, -0.25) is 0 Å². The molecular weight excluding hydrogens is 260 g/mol. The zero-order valence-corrected chi connectivity index (χ0v) is 14.4. The molecule has 0 amide bonds. The predicted molar refractivity (Wildman–Crippen MR) is 82.8 cm³/mol. The van der Waals surface area contributed by atoms with Gasteiger partial charge in [0, 0.05) is 25.7 Å². The van der Waals surface area contributed by atoms with Crippen LogP contribution in [0.15, 0.2) is 0 Å². The highest BCUT2D eigenvalue weighted by molar-refractivity contribution is 7.89. The fourth-order valence-electron chi connectivity index (χ4n) is 1.86. The molecule has 0 spiro atoms. The summed E-state index contributed by atoms with van der Waals surface area (Å²) in [4.78, 5) is 0. The summed E-state index contributed by atoms with van der Waals surface area (Å²) in [6, 6.07) is 0.307. The zero-order chi connectivity index (χ0) is 15.2. The van der Waals surface area contributed by atoms with Crippen molar-refractivity contribution in [2.75, 3.05) is 19.6 Å². The quantitative estimate of drug-likeness (QED) is 0.709. The minimum atomic E-state index is -3.22. The van der Waals surface area contributed by atoms with Gasteiger partial charge in [0.2, 0.25) is 10.0 Å². The Hall–Kier alpha value is -0.130. The lowest BCUT2D eigenvalue weighted by molar-refractivity contribution is 0.329. The third kappa shape index (κ3) is 7.28. The smallest absolute Gasteiger partial charge is 0.217 e. The standard InChI is InChI=1S/C14H32N2O2S/c1-11(2)9-16(10-12(3)4)19(17,18)14(7)8-15-13(5)6/h11-15H,8-10H2,1-7H3. The molecule has 0 aliphatic carbocycles. The molecule has 0 saturated heterocycles. The van der Waals surface area contributed by atoms with Gasteiger partial charge in [0.15, 0.2) is 0 Å². The van der Waals surface area contributed by atoms with Crippen molar-refractivity contribution in [1.82, 2.24) is 9.62 Å². The Morgan fingerprint density at radius 3 is 1.63 bits per heavy atom. The van der Waals surface area contributed by atoms with E-state index in [1.54, 1.807) is 11.2 Å². The molecule has 0 fully saturated rings. The molecule has 116 valence electrons. The van der Waals surface area contributed by atoms with Crippen LogP contribution in [0.25, 0.3) is 0 Å². The van der Waals surface area contributed by atoms with E-state index in [1.165, 1.54) is 0 Å². The molecule has 5 heteroatoms. The number of sulfonamides is 1. The Bertz CT molecular complexity index is 327. The lowest BCUT2D eigenvalue weighted by atomic mass is 10.2. The molecular formula is C14H32N2O2S. The summed E-state index contributed by atoms with van der Waals surface area (Å²) in [5.74, 6) is 0.692. The number of rotatable bonds is 9. The van der Waals surface area contributed by atoms with Gasteiger partial charge in [-0.05, 0) is 18.8 Å². The van der Waals surface area contributed by atoms with Crippen LogP contribution >= 0.6 is 0 Å². The highest BCUT2D eigenvalue weighted by atomic mass is 32.2. The van der Waals surface area contributed by atoms with Crippen molar-refractivity contribution in [3.05, 3.63) is 0 Å². The topological polar surface area (TPSA) is 49.4 Å². The van der Waals surface area contributed by atoms with Crippen molar-refractivity contribution in [2.24, 2.45) is 11.8 Å². The van der Waals surface area contributed by atoms with Gasteiger partial charge in [-0.25, -0.2) is 12.7 Å². The number of hydrogen-bond acceptors (Lipinski definition) is 3. The molecule has 1 atom stereocenters. The zero-order valence-electron chi connectivity index (χ0n) is 13.6. The third-order valence-corrected chi connectivity index (χ3v) is 5.02. The normalized spacial score (nSPS) is 14.9. The van der Waals surface area contributed by atoms with Gasteiger partial charge >= 0.3 is 0 Å². The van der Waals surface area contributed by atoms with Crippen molar-refractivity contribution in [3.63, 3.8) is 0 Å². The maximum absolute atomic E-state index is 12.6. The molecule has 0 bridgehead atoms. The molecule has 0 rings (SSSR count). The van der Waals surface area contributed by atoms with E-state index >= 15 is 0 Å². The van der Waals surface area contributed by atoms with Crippen molar-refractivity contribution in [1.29, 1.82) is 0 Å². The predicted octanol–water partition coefficient (Wildman–Crippen LogP) is 2.32. The largest absolute Gasteiger partial charge is 0.313 e. The van der Waals surface area contributed by atoms with Gasteiger partial charge < -0.3 is 5.32 Å². The Kier molecular flexibility index (Phi) is 8.17. The van der Waals surface area contributed by atoms with Crippen LogP contribution in [0.1, 0.15) is 48.5 Å². The summed E-state index contributed by atoms with van der Waals surface area (Å²) in [6.07, 6.45) is 0. The molecule has 0 aromatic rings. The van der Waals surface area contributed by atoms with E-state index < -0.39 is 10.0 Å². The highest BCUT2D eigenvalue weighted by Crippen LogP contribution is 2.14. The van der Waals surface area contributed by atoms with Gasteiger partial charge in [0.1, 0.15) is 0 Å². The Morgan fingerprint density at radius 1 is 0.895 bits per heavy atom. The number of nitrogens with one attached hydrogen (secondary N) is 1. The molecule has 0 radical (unpaired) electrons. The van der Waals surface area contributed by atoms with Crippen LogP contribution in [0.5, 0.6) is 0 Å². The van der Waals surface area contributed by atoms with Crippen LogP contribution in [0, 0.1) is 11.8 Å². The molecule has 1 N–H and O–H groups in total. The Balaban J connectivity index is 4.85.